The van der Waals surface area contributed by atoms with Crippen LogP contribution in [0.25, 0.3) is 0 Å². The van der Waals surface area contributed by atoms with Crippen LogP contribution in [0.1, 0.15) is 35.2 Å². The van der Waals surface area contributed by atoms with Crippen LogP contribution < -0.4 is 53.8 Å². The van der Waals surface area contributed by atoms with E-state index < -0.39 is 11.9 Å². The van der Waals surface area contributed by atoms with Crippen LogP contribution in [-0.4, -0.2) is 32.1 Å². The molecule has 10 heteroatoms. The first-order valence-corrected chi connectivity index (χ1v) is 11.7. The van der Waals surface area contributed by atoms with Crippen molar-refractivity contribution in [2.75, 3.05) is 25.2 Å². The largest absolute Gasteiger partial charge is 1.00 e. The average Bonchev–Trinajstić information content (AvgIpc) is 2.85. The van der Waals surface area contributed by atoms with Crippen LogP contribution in [0.2, 0.25) is 10.0 Å². The van der Waals surface area contributed by atoms with Crippen molar-refractivity contribution in [3.05, 3.63) is 75.8 Å². The minimum absolute atomic E-state index is 0. The van der Waals surface area contributed by atoms with Gasteiger partial charge in [-0.25, -0.2) is 0 Å². The fourth-order valence-electron chi connectivity index (χ4n) is 4.00. The normalized spacial score (nSPS) is 14.1. The molecule has 0 aliphatic carbocycles. The number of carbonyl (C=O) groups is 2. The number of para-hydroxylation sites is 1. The molecule has 1 aliphatic heterocycles. The summed E-state index contributed by atoms with van der Waals surface area (Å²) in [6.45, 7) is 2.53. The number of amides is 1. The van der Waals surface area contributed by atoms with Gasteiger partial charge in [0.05, 0.1) is 29.4 Å². The summed E-state index contributed by atoms with van der Waals surface area (Å²) in [4.78, 5) is 26.2. The molecule has 3 aromatic rings. The third-order valence-electron chi connectivity index (χ3n) is 5.72. The molecule has 1 amide bonds. The maximum absolute atomic E-state index is 13.2. The Morgan fingerprint density at radius 1 is 1.11 bits per heavy atom. The molecule has 1 heterocycles. The molecule has 1 atom stereocenters. The molecule has 7 nitrogen and oxygen atoms in total. The number of benzene rings is 3. The summed E-state index contributed by atoms with van der Waals surface area (Å²) in [7, 11) is 1.50. The van der Waals surface area contributed by atoms with Gasteiger partial charge >= 0.3 is 29.6 Å². The van der Waals surface area contributed by atoms with Crippen LogP contribution in [0.15, 0.2) is 54.6 Å². The van der Waals surface area contributed by atoms with E-state index in [4.69, 9.17) is 37.4 Å². The summed E-state index contributed by atoms with van der Waals surface area (Å²) in [5.74, 6) is -0.610. The number of hydrogen-bond acceptors (Lipinski definition) is 6. The predicted octanol–water partition coefficient (Wildman–Crippen LogP) is 2.08. The van der Waals surface area contributed by atoms with Crippen molar-refractivity contribution in [3.63, 3.8) is 0 Å². The Morgan fingerprint density at radius 2 is 1.83 bits per heavy atom. The van der Waals surface area contributed by atoms with E-state index in [1.165, 1.54) is 13.2 Å². The van der Waals surface area contributed by atoms with E-state index in [1.807, 2.05) is 6.92 Å². The molecule has 0 fully saturated rings. The molecule has 1 aliphatic rings. The van der Waals surface area contributed by atoms with Crippen LogP contribution in [0, 0.1) is 0 Å². The molecule has 1 unspecified atom stereocenters. The standard InChI is InChI=1S/C26H23Cl2NO6.Na/c1-3-29(21-6-4-5-19(27)24(21)33-2)25(30)15-7-9-16(10-8-15)35-23-14-22-18(13-20(23)28)17(26(31)32)11-12-34-22;/h4-10,13-14,17H,3,11-12H2,1-2H3,(H,31,32);/q;+1/p-1. The van der Waals surface area contributed by atoms with Crippen LogP contribution in [0.5, 0.6) is 23.0 Å². The average molecular weight is 538 g/mol. The molecular formula is C26H22Cl2NNaO6. The van der Waals surface area contributed by atoms with Crippen molar-refractivity contribution in [2.24, 2.45) is 0 Å². The molecule has 0 N–H and O–H groups in total. The Hall–Kier alpha value is -2.42. The van der Waals surface area contributed by atoms with Gasteiger partial charge in [-0.05, 0) is 55.8 Å². The van der Waals surface area contributed by atoms with Crippen molar-refractivity contribution in [1.29, 1.82) is 0 Å². The molecule has 36 heavy (non-hydrogen) atoms. The van der Waals surface area contributed by atoms with Gasteiger partial charge in [-0.3, -0.25) is 4.79 Å². The molecule has 0 bridgehead atoms. The SMILES string of the molecule is CCN(C(=O)c1ccc(Oc2cc3c(cc2Cl)C(C(=O)[O-])CCO3)cc1)c1cccc(Cl)c1OC.[Na+]. The van der Waals surface area contributed by atoms with E-state index in [1.54, 1.807) is 53.4 Å². The third-order valence-corrected chi connectivity index (χ3v) is 6.31. The van der Waals surface area contributed by atoms with Gasteiger partial charge in [-0.2, -0.15) is 0 Å². The number of carboxylic acids is 1. The van der Waals surface area contributed by atoms with Gasteiger partial charge in [0.2, 0.25) is 0 Å². The maximum atomic E-state index is 13.2. The monoisotopic (exact) mass is 537 g/mol. The molecular weight excluding hydrogens is 516 g/mol. The molecule has 0 aromatic heterocycles. The third kappa shape index (κ3) is 5.76. The summed E-state index contributed by atoms with van der Waals surface area (Å²) >= 11 is 12.6. The first-order valence-electron chi connectivity index (χ1n) is 10.9. The van der Waals surface area contributed by atoms with E-state index in [2.05, 4.69) is 0 Å². The van der Waals surface area contributed by atoms with Gasteiger partial charge in [0.1, 0.15) is 17.2 Å². The number of carboxylic acid groups (broad SMARTS) is 1. The quantitative estimate of drug-likeness (QED) is 0.429. The number of aliphatic carboxylic acids is 1. The van der Waals surface area contributed by atoms with Crippen molar-refractivity contribution >= 4 is 40.8 Å². The summed E-state index contributed by atoms with van der Waals surface area (Å²) in [5.41, 5.74) is 1.48. The van der Waals surface area contributed by atoms with Crippen molar-refractivity contribution in [2.45, 2.75) is 19.3 Å². The number of carbonyl (C=O) groups excluding carboxylic acids is 2. The minimum Gasteiger partial charge on any atom is -0.549 e. The molecule has 3 aromatic carbocycles. The second-order valence-electron chi connectivity index (χ2n) is 7.80. The van der Waals surface area contributed by atoms with Gasteiger partial charge in [0.25, 0.3) is 5.91 Å². The summed E-state index contributed by atoms with van der Waals surface area (Å²) in [6, 6.07) is 14.9. The van der Waals surface area contributed by atoms with Gasteiger partial charge in [-0.1, -0.05) is 29.3 Å². The van der Waals surface area contributed by atoms with Crippen molar-refractivity contribution < 1.29 is 58.5 Å². The van der Waals surface area contributed by atoms with Crippen molar-refractivity contribution in [3.8, 4) is 23.0 Å². The number of anilines is 1. The second-order valence-corrected chi connectivity index (χ2v) is 8.61. The van der Waals surface area contributed by atoms with E-state index in [-0.39, 0.29) is 47.1 Å². The smallest absolute Gasteiger partial charge is 0.549 e. The fraction of sp³-hybridized carbons (Fsp3) is 0.231. The molecule has 0 radical (unpaired) electrons. The molecule has 182 valence electrons. The number of nitrogens with zero attached hydrogens (tertiary/aromatic N) is 1. The number of fused-ring (bicyclic) bond motifs is 1. The van der Waals surface area contributed by atoms with Gasteiger partial charge in [0.15, 0.2) is 5.75 Å². The first-order chi connectivity index (χ1) is 16.8. The second kappa shape index (κ2) is 12.2. The van der Waals surface area contributed by atoms with E-state index in [0.717, 1.165) is 0 Å². The van der Waals surface area contributed by atoms with Crippen LogP contribution in [0.4, 0.5) is 5.69 Å². The fourth-order valence-corrected chi connectivity index (χ4v) is 4.45. The molecule has 0 saturated carbocycles. The Bertz CT molecular complexity index is 1270. The number of ether oxygens (including phenoxy) is 3. The van der Waals surface area contributed by atoms with E-state index in [9.17, 15) is 14.7 Å². The zero-order chi connectivity index (χ0) is 25.1. The van der Waals surface area contributed by atoms with Gasteiger partial charge in [0, 0.05) is 35.6 Å². The Kier molecular flexibility index (Phi) is 9.55. The summed E-state index contributed by atoms with van der Waals surface area (Å²) in [6.07, 6.45) is 0.317. The van der Waals surface area contributed by atoms with Gasteiger partial charge < -0.3 is 29.0 Å². The maximum Gasteiger partial charge on any atom is 1.00 e. The Morgan fingerprint density at radius 3 is 2.47 bits per heavy atom. The minimum atomic E-state index is -1.17. The number of hydrogen-bond donors (Lipinski definition) is 0. The molecule has 4 rings (SSSR count). The zero-order valence-corrected chi connectivity index (χ0v) is 23.6. The van der Waals surface area contributed by atoms with Crippen molar-refractivity contribution in [1.82, 2.24) is 0 Å². The van der Waals surface area contributed by atoms with E-state index in [0.29, 0.717) is 57.8 Å². The predicted molar refractivity (Wildman–Crippen MR) is 131 cm³/mol. The van der Waals surface area contributed by atoms with E-state index >= 15 is 0 Å². The Labute approximate surface area is 241 Å². The van der Waals surface area contributed by atoms with Gasteiger partial charge in [-0.15, -0.1) is 0 Å². The summed E-state index contributed by atoms with van der Waals surface area (Å²) < 4.78 is 16.9. The number of methoxy groups -OCH3 is 1. The summed E-state index contributed by atoms with van der Waals surface area (Å²) in [5, 5.41) is 12.1. The molecule has 0 saturated heterocycles. The van der Waals surface area contributed by atoms with Crippen LogP contribution >= 0.6 is 23.2 Å². The number of halogens is 2. The topological polar surface area (TPSA) is 88.1 Å². The van der Waals surface area contributed by atoms with Crippen LogP contribution in [0.3, 0.4) is 0 Å². The Balaban J connectivity index is 0.00000361. The molecule has 0 spiro atoms. The van der Waals surface area contributed by atoms with Crippen LogP contribution in [-0.2, 0) is 4.79 Å². The first kappa shape index (κ1) is 28.2. The number of rotatable bonds is 7. The zero-order valence-electron chi connectivity index (χ0n) is 20.0.